The fraction of sp³-hybridized carbons (Fsp3) is 1.00. The molecule has 0 rings (SSSR count). The molecule has 0 aliphatic heterocycles. The molecule has 0 spiro atoms. The molecule has 0 radical (unpaired) electrons. The summed E-state index contributed by atoms with van der Waals surface area (Å²) >= 11 is 0. The molecule has 0 saturated heterocycles. The van der Waals surface area contributed by atoms with Crippen molar-refractivity contribution in [2.45, 2.75) is 12.5 Å². The summed E-state index contributed by atoms with van der Waals surface area (Å²) in [6.07, 6.45) is 0.450. The van der Waals surface area contributed by atoms with Gasteiger partial charge in [-0.3, -0.25) is 0 Å². The van der Waals surface area contributed by atoms with E-state index in [1.54, 1.807) is 0 Å². The molecule has 0 aliphatic carbocycles. The fourth-order valence-corrected chi connectivity index (χ4v) is 0.353. The Balaban J connectivity index is 3.03. The van der Waals surface area contributed by atoms with Crippen LogP contribution in [0.1, 0.15) is 6.42 Å². The molecule has 0 heterocycles. The number of nitrogens with two attached hydrogens (primary N) is 1. The Morgan fingerprint density at radius 3 is 2.75 bits per heavy atom. The number of aliphatic hydroxyl groups is 1. The Kier molecular flexibility index (Phi) is 4.39. The molecule has 1 atom stereocenters. The minimum Gasteiger partial charge on any atom is -0.396 e. The van der Waals surface area contributed by atoms with Gasteiger partial charge in [0.25, 0.3) is 0 Å². The van der Waals surface area contributed by atoms with E-state index in [4.69, 9.17) is 10.8 Å². The highest BCUT2D eigenvalue weighted by Crippen LogP contribution is 1.85. The largest absolute Gasteiger partial charge is 0.396 e. The van der Waals surface area contributed by atoms with Crippen LogP contribution in [0.2, 0.25) is 0 Å². The van der Waals surface area contributed by atoms with E-state index in [-0.39, 0.29) is 19.2 Å². The van der Waals surface area contributed by atoms with E-state index in [0.717, 1.165) is 0 Å². The van der Waals surface area contributed by atoms with Crippen molar-refractivity contribution in [3.05, 3.63) is 4.91 Å². The van der Waals surface area contributed by atoms with Gasteiger partial charge in [0.1, 0.15) is 0 Å². The third-order valence-electron chi connectivity index (χ3n) is 0.809. The summed E-state index contributed by atoms with van der Waals surface area (Å²) in [6.45, 7) is 0.122. The van der Waals surface area contributed by atoms with Gasteiger partial charge in [0.2, 0.25) is 0 Å². The number of rotatable bonds is 4. The van der Waals surface area contributed by atoms with Crippen LogP contribution in [0.3, 0.4) is 0 Å². The first-order valence-electron chi connectivity index (χ1n) is 2.46. The molecular formula is C4H10N2O2. The quantitative estimate of drug-likeness (QED) is 0.487. The maximum absolute atomic E-state index is 9.48. The van der Waals surface area contributed by atoms with Crippen LogP contribution in [-0.4, -0.2) is 24.3 Å². The SMILES string of the molecule is NC(CCO)CN=O. The van der Waals surface area contributed by atoms with E-state index in [9.17, 15) is 4.91 Å². The zero-order valence-corrected chi connectivity index (χ0v) is 4.58. The maximum Gasteiger partial charge on any atom is 0.0962 e. The van der Waals surface area contributed by atoms with Crippen molar-refractivity contribution in [1.29, 1.82) is 0 Å². The fourth-order valence-electron chi connectivity index (χ4n) is 0.353. The summed E-state index contributed by atoms with van der Waals surface area (Å²) in [5.41, 5.74) is 5.24. The van der Waals surface area contributed by atoms with Crippen LogP contribution in [0.4, 0.5) is 0 Å². The van der Waals surface area contributed by atoms with Crippen molar-refractivity contribution < 1.29 is 5.11 Å². The average Bonchev–Trinajstić information content (AvgIpc) is 1.68. The van der Waals surface area contributed by atoms with Gasteiger partial charge >= 0.3 is 0 Å². The predicted octanol–water partition coefficient (Wildman–Crippen LogP) is -0.538. The highest BCUT2D eigenvalue weighted by atomic mass is 16.3. The van der Waals surface area contributed by atoms with Crippen LogP contribution >= 0.6 is 0 Å². The summed E-state index contributed by atoms with van der Waals surface area (Å²) in [4.78, 5) is 9.48. The smallest absolute Gasteiger partial charge is 0.0962 e. The van der Waals surface area contributed by atoms with Gasteiger partial charge in [-0.25, -0.2) is 0 Å². The Hall–Kier alpha value is -0.480. The first-order valence-corrected chi connectivity index (χ1v) is 2.46. The lowest BCUT2D eigenvalue weighted by atomic mass is 10.2. The summed E-state index contributed by atoms with van der Waals surface area (Å²) in [7, 11) is 0. The van der Waals surface area contributed by atoms with Gasteiger partial charge in [-0.2, -0.15) is 4.91 Å². The van der Waals surface area contributed by atoms with Crippen molar-refractivity contribution in [1.82, 2.24) is 0 Å². The van der Waals surface area contributed by atoms with Gasteiger partial charge in [-0.1, -0.05) is 5.18 Å². The van der Waals surface area contributed by atoms with E-state index in [2.05, 4.69) is 5.18 Å². The number of nitroso groups, excluding NO2 is 1. The topological polar surface area (TPSA) is 75.7 Å². The molecule has 0 aromatic heterocycles. The zero-order valence-electron chi connectivity index (χ0n) is 4.58. The molecule has 3 N–H and O–H groups in total. The highest BCUT2D eigenvalue weighted by Gasteiger charge is 1.98. The molecule has 0 bridgehead atoms. The molecule has 4 nitrogen and oxygen atoms in total. The number of aliphatic hydroxyl groups excluding tert-OH is 1. The van der Waals surface area contributed by atoms with Gasteiger partial charge < -0.3 is 10.8 Å². The zero-order chi connectivity index (χ0) is 6.41. The van der Waals surface area contributed by atoms with Crippen molar-refractivity contribution in [2.24, 2.45) is 10.9 Å². The summed E-state index contributed by atoms with van der Waals surface area (Å²) in [6, 6.07) is -0.266. The van der Waals surface area contributed by atoms with E-state index >= 15 is 0 Å². The van der Waals surface area contributed by atoms with Crippen molar-refractivity contribution in [3.63, 3.8) is 0 Å². The van der Waals surface area contributed by atoms with Crippen LogP contribution in [0.25, 0.3) is 0 Å². The van der Waals surface area contributed by atoms with Crippen LogP contribution in [-0.2, 0) is 0 Å². The number of hydrogen-bond donors (Lipinski definition) is 2. The van der Waals surface area contributed by atoms with Crippen molar-refractivity contribution in [2.75, 3.05) is 13.2 Å². The van der Waals surface area contributed by atoms with Gasteiger partial charge in [0, 0.05) is 12.6 Å². The van der Waals surface area contributed by atoms with Gasteiger partial charge in [-0.15, -0.1) is 0 Å². The molecule has 0 aromatic carbocycles. The normalized spacial score (nSPS) is 13.2. The Morgan fingerprint density at radius 1 is 1.75 bits per heavy atom. The first-order chi connectivity index (χ1) is 3.81. The van der Waals surface area contributed by atoms with E-state index in [0.29, 0.717) is 6.42 Å². The van der Waals surface area contributed by atoms with Gasteiger partial charge in [0.05, 0.1) is 6.54 Å². The second kappa shape index (κ2) is 4.67. The number of hydrogen-bond acceptors (Lipinski definition) is 4. The average molecular weight is 118 g/mol. The lowest BCUT2D eigenvalue weighted by molar-refractivity contribution is 0.277. The molecule has 0 aliphatic rings. The monoisotopic (exact) mass is 118 g/mol. The molecule has 0 amide bonds. The Bertz CT molecular complexity index is 67.1. The lowest BCUT2D eigenvalue weighted by Crippen LogP contribution is -2.24. The van der Waals surface area contributed by atoms with Gasteiger partial charge in [0.15, 0.2) is 0 Å². The third-order valence-corrected chi connectivity index (χ3v) is 0.809. The summed E-state index contributed by atoms with van der Waals surface area (Å²) in [5, 5.41) is 10.8. The van der Waals surface area contributed by atoms with E-state index in [1.165, 1.54) is 0 Å². The summed E-state index contributed by atoms with van der Waals surface area (Å²) in [5.74, 6) is 0. The second-order valence-corrected chi connectivity index (χ2v) is 1.58. The first kappa shape index (κ1) is 7.52. The molecule has 48 valence electrons. The molecular weight excluding hydrogens is 108 g/mol. The molecule has 8 heavy (non-hydrogen) atoms. The Morgan fingerprint density at radius 2 is 2.38 bits per heavy atom. The lowest BCUT2D eigenvalue weighted by Gasteiger charge is -2.00. The minimum absolute atomic E-state index is 0.0245. The van der Waals surface area contributed by atoms with Gasteiger partial charge in [-0.05, 0) is 6.42 Å². The summed E-state index contributed by atoms with van der Waals surface area (Å²) < 4.78 is 0. The molecule has 1 unspecified atom stereocenters. The standard InChI is InChI=1S/C4H10N2O2/c5-4(1-2-7)3-6-8/h4,7H,1-3,5H2. The third kappa shape index (κ3) is 3.70. The number of nitrogens with zero attached hydrogens (tertiary/aromatic N) is 1. The maximum atomic E-state index is 9.48. The van der Waals surface area contributed by atoms with Crippen molar-refractivity contribution in [3.8, 4) is 0 Å². The van der Waals surface area contributed by atoms with E-state index in [1.807, 2.05) is 0 Å². The molecule has 0 saturated carbocycles. The van der Waals surface area contributed by atoms with Crippen LogP contribution in [0.5, 0.6) is 0 Å². The predicted molar refractivity (Wildman–Crippen MR) is 30.3 cm³/mol. The van der Waals surface area contributed by atoms with Crippen LogP contribution in [0.15, 0.2) is 5.18 Å². The van der Waals surface area contributed by atoms with Crippen molar-refractivity contribution >= 4 is 0 Å². The molecule has 4 heteroatoms. The second-order valence-electron chi connectivity index (χ2n) is 1.58. The highest BCUT2D eigenvalue weighted by molar-refractivity contribution is 4.61. The molecule has 0 fully saturated rings. The minimum atomic E-state index is -0.266. The van der Waals surface area contributed by atoms with Crippen LogP contribution < -0.4 is 5.73 Å². The van der Waals surface area contributed by atoms with E-state index < -0.39 is 0 Å². The molecule has 0 aromatic rings. The van der Waals surface area contributed by atoms with Crippen LogP contribution in [0, 0.1) is 4.91 Å². The Labute approximate surface area is 47.7 Å².